The van der Waals surface area contributed by atoms with E-state index in [0.717, 1.165) is 6.42 Å². The molecule has 0 fully saturated rings. The molecule has 1 aromatic carbocycles. The molecule has 0 saturated carbocycles. The third-order valence-electron chi connectivity index (χ3n) is 4.33. The van der Waals surface area contributed by atoms with E-state index in [9.17, 15) is 4.79 Å². The highest BCUT2D eigenvalue weighted by Crippen LogP contribution is 2.30. The molecule has 0 bridgehead atoms. The zero-order valence-electron chi connectivity index (χ0n) is 15.3. The minimum absolute atomic E-state index is 0.0952. The molecule has 1 amide bonds. The Kier molecular flexibility index (Phi) is 6.95. The minimum atomic E-state index is -0.566. The molecule has 24 heavy (non-hydrogen) atoms. The highest BCUT2D eigenvalue weighted by Gasteiger charge is 2.27. The first-order valence-corrected chi connectivity index (χ1v) is 8.91. The Morgan fingerprint density at radius 3 is 2.54 bits per heavy atom. The van der Waals surface area contributed by atoms with Gasteiger partial charge in [-0.2, -0.15) is 0 Å². The van der Waals surface area contributed by atoms with Crippen molar-refractivity contribution in [2.45, 2.75) is 53.1 Å². The van der Waals surface area contributed by atoms with Crippen LogP contribution in [0.3, 0.4) is 0 Å². The Balaban J connectivity index is 1.70. The molecule has 3 unspecified atom stereocenters. The van der Waals surface area contributed by atoms with E-state index in [2.05, 4.69) is 33.0 Å². The van der Waals surface area contributed by atoms with Crippen LogP contribution in [-0.2, 0) is 4.79 Å². The summed E-state index contributed by atoms with van der Waals surface area (Å²) in [6.07, 6.45) is 2.94. The molecule has 133 valence electrons. The lowest BCUT2D eigenvalue weighted by atomic mass is 9.91. The third-order valence-corrected chi connectivity index (χ3v) is 4.33. The predicted molar refractivity (Wildman–Crippen MR) is 96.1 cm³/mol. The average molecular weight is 332 g/mol. The van der Waals surface area contributed by atoms with Gasteiger partial charge >= 0.3 is 0 Å². The van der Waals surface area contributed by atoms with E-state index in [1.54, 1.807) is 0 Å². The van der Waals surface area contributed by atoms with E-state index in [1.165, 1.54) is 18.8 Å². The van der Waals surface area contributed by atoms with Crippen molar-refractivity contribution in [1.29, 1.82) is 0 Å². The summed E-state index contributed by atoms with van der Waals surface area (Å²) in [5, 5.41) is 3.00. The minimum Gasteiger partial charge on any atom is -0.485 e. The topological polar surface area (TPSA) is 47.6 Å². The normalized spacial score (nSPS) is 19.0. The van der Waals surface area contributed by atoms with Crippen LogP contribution in [-0.4, -0.2) is 25.2 Å². The zero-order chi connectivity index (χ0) is 17.5. The van der Waals surface area contributed by atoms with Gasteiger partial charge in [0.15, 0.2) is 11.5 Å². The summed E-state index contributed by atoms with van der Waals surface area (Å²) in [5.41, 5.74) is 0. The summed E-state index contributed by atoms with van der Waals surface area (Å²) >= 11 is 0. The van der Waals surface area contributed by atoms with Crippen LogP contribution in [0.1, 0.15) is 47.0 Å². The number of ether oxygens (including phenoxy) is 2. The molecule has 0 saturated heterocycles. The Hall–Kier alpha value is -1.71. The number of para-hydroxylation sites is 2. The average Bonchev–Trinajstić information content (AvgIpc) is 2.56. The summed E-state index contributed by atoms with van der Waals surface area (Å²) in [6, 6.07) is 7.44. The standard InChI is InChI=1S/C20H30NO3/c1-14(2)11-15(3)9-10-16(4)12-21-20(22)19-13-23-17-7-5-6-8-18(17)24-19/h5-8,15-16,19H,9-13H2,1-4H3,(H,21,22). The fourth-order valence-corrected chi connectivity index (χ4v) is 3.01. The Morgan fingerprint density at radius 2 is 1.83 bits per heavy atom. The number of hydrogen-bond acceptors (Lipinski definition) is 3. The number of hydrogen-bond donors (Lipinski definition) is 1. The fraction of sp³-hybridized carbons (Fsp3) is 0.600. The predicted octanol–water partition coefficient (Wildman–Crippen LogP) is 4.00. The molecule has 1 aromatic rings. The SMILES string of the molecule is C[C](C)CC(C)CCC(C)CNC(=O)C1COc2ccccc2O1. The molecule has 0 aliphatic carbocycles. The van der Waals surface area contributed by atoms with Crippen molar-refractivity contribution < 1.29 is 14.3 Å². The Bertz CT molecular complexity index is 529. The third kappa shape index (κ3) is 5.73. The van der Waals surface area contributed by atoms with E-state index in [-0.39, 0.29) is 12.5 Å². The highest BCUT2D eigenvalue weighted by molar-refractivity contribution is 5.81. The maximum absolute atomic E-state index is 12.3. The van der Waals surface area contributed by atoms with Crippen LogP contribution in [0, 0.1) is 17.8 Å². The van der Waals surface area contributed by atoms with Crippen LogP contribution in [0.2, 0.25) is 0 Å². The lowest BCUT2D eigenvalue weighted by Crippen LogP contribution is -2.45. The van der Waals surface area contributed by atoms with Crippen LogP contribution in [0.5, 0.6) is 11.5 Å². The molecule has 2 rings (SSSR count). The van der Waals surface area contributed by atoms with E-state index >= 15 is 0 Å². The fourth-order valence-electron chi connectivity index (χ4n) is 3.01. The van der Waals surface area contributed by atoms with Crippen LogP contribution in [0.25, 0.3) is 0 Å². The van der Waals surface area contributed by atoms with Gasteiger partial charge in [0, 0.05) is 6.54 Å². The van der Waals surface area contributed by atoms with Crippen molar-refractivity contribution in [3.05, 3.63) is 30.2 Å². The van der Waals surface area contributed by atoms with E-state index in [4.69, 9.17) is 9.47 Å². The van der Waals surface area contributed by atoms with Crippen molar-refractivity contribution in [2.75, 3.05) is 13.2 Å². The summed E-state index contributed by atoms with van der Waals surface area (Å²) in [5.74, 6) is 3.90. The number of carbonyl (C=O) groups excluding carboxylic acids is 1. The zero-order valence-corrected chi connectivity index (χ0v) is 15.3. The molecule has 1 heterocycles. The van der Waals surface area contributed by atoms with Crippen LogP contribution < -0.4 is 14.8 Å². The molecule has 1 N–H and O–H groups in total. The summed E-state index contributed by atoms with van der Waals surface area (Å²) in [7, 11) is 0. The number of nitrogens with one attached hydrogen (secondary N) is 1. The molecular formula is C20H30NO3. The molecule has 1 aliphatic heterocycles. The highest BCUT2D eigenvalue weighted by atomic mass is 16.6. The van der Waals surface area contributed by atoms with Gasteiger partial charge in [-0.15, -0.1) is 0 Å². The maximum Gasteiger partial charge on any atom is 0.264 e. The molecule has 1 aliphatic rings. The van der Waals surface area contributed by atoms with Crippen molar-refractivity contribution in [2.24, 2.45) is 11.8 Å². The summed E-state index contributed by atoms with van der Waals surface area (Å²) in [4.78, 5) is 12.3. The molecule has 0 aromatic heterocycles. The molecule has 4 nitrogen and oxygen atoms in total. The smallest absolute Gasteiger partial charge is 0.264 e. The van der Waals surface area contributed by atoms with Gasteiger partial charge < -0.3 is 14.8 Å². The second-order valence-electron chi connectivity index (χ2n) is 7.31. The molecule has 3 atom stereocenters. The molecule has 0 spiro atoms. The van der Waals surface area contributed by atoms with Crippen molar-refractivity contribution in [3.8, 4) is 11.5 Å². The van der Waals surface area contributed by atoms with Gasteiger partial charge in [0.05, 0.1) is 0 Å². The molecular weight excluding hydrogens is 302 g/mol. The number of benzene rings is 1. The molecule has 4 heteroatoms. The molecule has 1 radical (unpaired) electrons. The van der Waals surface area contributed by atoms with Crippen LogP contribution in [0.4, 0.5) is 0 Å². The Morgan fingerprint density at radius 1 is 1.17 bits per heavy atom. The largest absolute Gasteiger partial charge is 0.485 e. The first kappa shape index (κ1) is 18.6. The van der Waals surface area contributed by atoms with Gasteiger partial charge in [-0.25, -0.2) is 0 Å². The first-order chi connectivity index (χ1) is 11.5. The van der Waals surface area contributed by atoms with E-state index in [0.29, 0.717) is 29.9 Å². The number of rotatable bonds is 8. The number of carbonyl (C=O) groups is 1. The second-order valence-corrected chi connectivity index (χ2v) is 7.31. The van der Waals surface area contributed by atoms with Gasteiger partial charge in [-0.05, 0) is 42.7 Å². The van der Waals surface area contributed by atoms with Crippen molar-refractivity contribution in [1.82, 2.24) is 5.32 Å². The first-order valence-electron chi connectivity index (χ1n) is 8.91. The van der Waals surface area contributed by atoms with E-state index < -0.39 is 6.10 Å². The van der Waals surface area contributed by atoms with Gasteiger partial charge in [-0.1, -0.05) is 46.2 Å². The summed E-state index contributed by atoms with van der Waals surface area (Å²) in [6.45, 7) is 9.79. The number of fused-ring (bicyclic) bond motifs is 1. The quantitative estimate of drug-likeness (QED) is 0.783. The van der Waals surface area contributed by atoms with Crippen molar-refractivity contribution in [3.63, 3.8) is 0 Å². The number of amides is 1. The second kappa shape index (κ2) is 8.95. The Labute approximate surface area is 145 Å². The lowest BCUT2D eigenvalue weighted by Gasteiger charge is -2.26. The van der Waals surface area contributed by atoms with Gasteiger partial charge in [0.1, 0.15) is 6.61 Å². The van der Waals surface area contributed by atoms with Crippen molar-refractivity contribution >= 4 is 5.91 Å². The van der Waals surface area contributed by atoms with E-state index in [1.807, 2.05) is 24.3 Å². The lowest BCUT2D eigenvalue weighted by molar-refractivity contribution is -0.130. The van der Waals surface area contributed by atoms with Gasteiger partial charge in [-0.3, -0.25) is 4.79 Å². The maximum atomic E-state index is 12.3. The summed E-state index contributed by atoms with van der Waals surface area (Å²) < 4.78 is 11.3. The van der Waals surface area contributed by atoms with Gasteiger partial charge in [0.2, 0.25) is 6.10 Å². The van der Waals surface area contributed by atoms with Crippen LogP contribution >= 0.6 is 0 Å². The van der Waals surface area contributed by atoms with Gasteiger partial charge in [0.25, 0.3) is 5.91 Å². The van der Waals surface area contributed by atoms with Crippen LogP contribution in [0.15, 0.2) is 24.3 Å². The monoisotopic (exact) mass is 332 g/mol.